The highest BCUT2D eigenvalue weighted by atomic mass is 32.2. The first-order chi connectivity index (χ1) is 15.8. The third kappa shape index (κ3) is 5.64. The first-order valence-corrected chi connectivity index (χ1v) is 12.6. The summed E-state index contributed by atoms with van der Waals surface area (Å²) in [5, 5.41) is 11.4. The summed E-state index contributed by atoms with van der Waals surface area (Å²) in [6, 6.07) is 11.8. The van der Waals surface area contributed by atoms with Crippen LogP contribution in [0.15, 0.2) is 52.5 Å². The van der Waals surface area contributed by atoms with Gasteiger partial charge in [-0.1, -0.05) is 29.5 Å². The van der Waals surface area contributed by atoms with Crippen LogP contribution in [0.1, 0.15) is 11.4 Å². The molecule has 2 heterocycles. The highest BCUT2D eigenvalue weighted by Gasteiger charge is 2.17. The van der Waals surface area contributed by atoms with Crippen LogP contribution in [0, 0.1) is 6.92 Å². The fourth-order valence-corrected chi connectivity index (χ4v) is 4.74. The molecule has 0 unspecified atom stereocenters. The largest absolute Gasteiger partial charge is 0.486 e. The Morgan fingerprint density at radius 3 is 2.58 bits per heavy atom. The van der Waals surface area contributed by atoms with Crippen LogP contribution in [-0.2, 0) is 28.4 Å². The number of aromatic nitrogens is 3. The molecule has 1 aliphatic rings. The lowest BCUT2D eigenvalue weighted by molar-refractivity contribution is -0.113. The summed E-state index contributed by atoms with van der Waals surface area (Å²) in [6.07, 6.45) is 0. The summed E-state index contributed by atoms with van der Waals surface area (Å²) in [5.74, 6) is 1.56. The predicted octanol–water partition coefficient (Wildman–Crippen LogP) is 2.10. The molecule has 0 bridgehead atoms. The summed E-state index contributed by atoms with van der Waals surface area (Å²) in [5.41, 5.74) is 1.58. The van der Waals surface area contributed by atoms with Crippen molar-refractivity contribution in [1.82, 2.24) is 19.5 Å². The number of benzene rings is 2. The summed E-state index contributed by atoms with van der Waals surface area (Å²) in [7, 11) is -1.95. The van der Waals surface area contributed by atoms with Crippen molar-refractivity contribution >= 4 is 33.4 Å². The fraction of sp³-hybridized carbons (Fsp3) is 0.286. The summed E-state index contributed by atoms with van der Waals surface area (Å²) < 4.78 is 40.1. The number of nitrogens with zero attached hydrogens (tertiary/aromatic N) is 3. The number of anilines is 1. The Labute approximate surface area is 195 Å². The van der Waals surface area contributed by atoms with E-state index in [1.807, 2.05) is 6.92 Å². The number of amides is 1. The molecule has 10 nitrogen and oxygen atoms in total. The van der Waals surface area contributed by atoms with Gasteiger partial charge in [-0.05, 0) is 31.2 Å². The third-order valence-electron chi connectivity index (χ3n) is 4.83. The normalized spacial score (nSPS) is 13.0. The van der Waals surface area contributed by atoms with Crippen LogP contribution in [0.4, 0.5) is 5.69 Å². The first kappa shape index (κ1) is 23.1. The van der Waals surface area contributed by atoms with Gasteiger partial charge in [0, 0.05) is 18.8 Å². The number of hydrogen-bond acceptors (Lipinski definition) is 8. The molecule has 0 radical (unpaired) electrons. The number of ether oxygens (including phenoxy) is 2. The van der Waals surface area contributed by atoms with Gasteiger partial charge in [-0.2, -0.15) is 0 Å². The molecule has 3 aromatic rings. The highest BCUT2D eigenvalue weighted by Crippen LogP contribution is 2.32. The SMILES string of the molecule is Cc1ccc(S(=O)(=O)NCc2nnc(SCC(=O)Nc3ccc4c(c3)OCCO4)n2C)cc1. The maximum absolute atomic E-state index is 12.5. The molecule has 0 saturated heterocycles. The Morgan fingerprint density at radius 1 is 1.09 bits per heavy atom. The maximum Gasteiger partial charge on any atom is 0.240 e. The predicted molar refractivity (Wildman–Crippen MR) is 123 cm³/mol. The van der Waals surface area contributed by atoms with E-state index < -0.39 is 10.0 Å². The highest BCUT2D eigenvalue weighted by molar-refractivity contribution is 7.99. The van der Waals surface area contributed by atoms with Crippen LogP contribution >= 0.6 is 11.8 Å². The number of carbonyl (C=O) groups excluding carboxylic acids is 1. The molecule has 2 aromatic carbocycles. The Kier molecular flexibility index (Phi) is 6.86. The van der Waals surface area contributed by atoms with Gasteiger partial charge in [0.05, 0.1) is 17.2 Å². The average molecular weight is 490 g/mol. The molecule has 174 valence electrons. The van der Waals surface area contributed by atoms with Gasteiger partial charge in [0.1, 0.15) is 19.0 Å². The van der Waals surface area contributed by atoms with Crippen LogP contribution in [0.25, 0.3) is 0 Å². The first-order valence-electron chi connectivity index (χ1n) is 10.1. The van der Waals surface area contributed by atoms with Crippen molar-refractivity contribution < 1.29 is 22.7 Å². The molecule has 12 heteroatoms. The molecule has 0 spiro atoms. The second-order valence-electron chi connectivity index (χ2n) is 7.29. The lowest BCUT2D eigenvalue weighted by atomic mass is 10.2. The van der Waals surface area contributed by atoms with Crippen molar-refractivity contribution in [2.24, 2.45) is 7.05 Å². The average Bonchev–Trinajstić information content (AvgIpc) is 3.16. The monoisotopic (exact) mass is 489 g/mol. The number of hydrogen-bond donors (Lipinski definition) is 2. The number of sulfonamides is 1. The molecule has 0 atom stereocenters. The van der Waals surface area contributed by atoms with Gasteiger partial charge in [-0.3, -0.25) is 4.79 Å². The second-order valence-corrected chi connectivity index (χ2v) is 10.0. The molecule has 1 aromatic heterocycles. The summed E-state index contributed by atoms with van der Waals surface area (Å²) in [4.78, 5) is 12.5. The van der Waals surface area contributed by atoms with E-state index in [-0.39, 0.29) is 23.1 Å². The molecule has 4 rings (SSSR count). The molecule has 0 aliphatic carbocycles. The topological polar surface area (TPSA) is 124 Å². The van der Waals surface area contributed by atoms with E-state index in [1.54, 1.807) is 54.1 Å². The molecule has 33 heavy (non-hydrogen) atoms. The molecular formula is C21H23N5O5S2. The van der Waals surface area contributed by atoms with E-state index in [9.17, 15) is 13.2 Å². The van der Waals surface area contributed by atoms with Gasteiger partial charge in [-0.15, -0.1) is 10.2 Å². The number of fused-ring (bicyclic) bond motifs is 1. The Bertz CT molecular complexity index is 1260. The summed E-state index contributed by atoms with van der Waals surface area (Å²) in [6.45, 7) is 2.83. The Hall–Kier alpha value is -3.09. The van der Waals surface area contributed by atoms with Crippen LogP contribution in [-0.4, -0.2) is 48.1 Å². The minimum absolute atomic E-state index is 0.0241. The zero-order valence-corrected chi connectivity index (χ0v) is 19.7. The van der Waals surface area contributed by atoms with Crippen LogP contribution in [0.2, 0.25) is 0 Å². The van der Waals surface area contributed by atoms with Crippen LogP contribution in [0.5, 0.6) is 11.5 Å². The number of thioether (sulfide) groups is 1. The third-order valence-corrected chi connectivity index (χ3v) is 7.27. The van der Waals surface area contributed by atoms with Crippen molar-refractivity contribution in [3.63, 3.8) is 0 Å². The molecule has 0 fully saturated rings. The van der Waals surface area contributed by atoms with Crippen molar-refractivity contribution in [2.75, 3.05) is 24.3 Å². The van der Waals surface area contributed by atoms with Crippen molar-refractivity contribution in [1.29, 1.82) is 0 Å². The standard InChI is InChI=1S/C21H23N5O5S2/c1-14-3-6-16(7-4-14)33(28,29)22-12-19-24-25-21(26(19)2)32-13-20(27)23-15-5-8-17-18(11-15)31-10-9-30-17/h3-8,11,22H,9-10,12-13H2,1-2H3,(H,23,27). The number of nitrogens with one attached hydrogen (secondary N) is 2. The maximum atomic E-state index is 12.5. The molecular weight excluding hydrogens is 466 g/mol. The molecule has 1 amide bonds. The quantitative estimate of drug-likeness (QED) is 0.461. The number of aryl methyl sites for hydroxylation is 1. The van der Waals surface area contributed by atoms with E-state index in [1.165, 1.54) is 11.8 Å². The van der Waals surface area contributed by atoms with Gasteiger partial charge >= 0.3 is 0 Å². The molecule has 1 aliphatic heterocycles. The number of carbonyl (C=O) groups is 1. The number of rotatable bonds is 8. The van der Waals surface area contributed by atoms with Gasteiger partial charge in [0.25, 0.3) is 0 Å². The van der Waals surface area contributed by atoms with E-state index in [0.29, 0.717) is 41.4 Å². The van der Waals surface area contributed by atoms with Crippen molar-refractivity contribution in [2.45, 2.75) is 23.5 Å². The lowest BCUT2D eigenvalue weighted by Gasteiger charge is -2.18. The van der Waals surface area contributed by atoms with Gasteiger partial charge in [-0.25, -0.2) is 13.1 Å². The van der Waals surface area contributed by atoms with Crippen LogP contribution < -0.4 is 19.5 Å². The summed E-state index contributed by atoms with van der Waals surface area (Å²) >= 11 is 1.20. The van der Waals surface area contributed by atoms with E-state index in [4.69, 9.17) is 9.47 Å². The minimum atomic E-state index is -3.67. The second kappa shape index (κ2) is 9.81. The minimum Gasteiger partial charge on any atom is -0.486 e. The zero-order chi connectivity index (χ0) is 23.4. The zero-order valence-electron chi connectivity index (χ0n) is 18.1. The van der Waals surface area contributed by atoms with Gasteiger partial charge in [0.2, 0.25) is 15.9 Å². The van der Waals surface area contributed by atoms with Gasteiger partial charge < -0.3 is 19.4 Å². The van der Waals surface area contributed by atoms with E-state index in [2.05, 4.69) is 20.2 Å². The molecule has 2 N–H and O–H groups in total. The Balaban J connectivity index is 1.31. The Morgan fingerprint density at radius 2 is 1.82 bits per heavy atom. The smallest absolute Gasteiger partial charge is 0.240 e. The molecule has 0 saturated carbocycles. The van der Waals surface area contributed by atoms with Crippen molar-refractivity contribution in [3.8, 4) is 11.5 Å². The van der Waals surface area contributed by atoms with Crippen molar-refractivity contribution in [3.05, 3.63) is 53.9 Å². The van der Waals surface area contributed by atoms with Gasteiger partial charge in [0.15, 0.2) is 16.7 Å². The lowest BCUT2D eigenvalue weighted by Crippen LogP contribution is -2.24. The fourth-order valence-electron chi connectivity index (χ4n) is 3.03. The van der Waals surface area contributed by atoms with Crippen LogP contribution in [0.3, 0.4) is 0 Å². The van der Waals surface area contributed by atoms with E-state index >= 15 is 0 Å². The van der Waals surface area contributed by atoms with E-state index in [0.717, 1.165) is 5.56 Å².